The third-order valence-electron chi connectivity index (χ3n) is 3.71. The van der Waals surface area contributed by atoms with Crippen molar-refractivity contribution in [2.24, 2.45) is 5.92 Å². The zero-order valence-electron chi connectivity index (χ0n) is 13.2. The van der Waals surface area contributed by atoms with Gasteiger partial charge in [0.15, 0.2) is 0 Å². The molecule has 1 heterocycles. The molecule has 0 aliphatic heterocycles. The van der Waals surface area contributed by atoms with Gasteiger partial charge in [-0.15, -0.1) is 0 Å². The molecule has 3 heteroatoms. The molecule has 0 amide bonds. The monoisotopic (exact) mass is 264 g/mol. The number of aryl methyl sites for hydroxylation is 2. The van der Waals surface area contributed by atoms with Crippen molar-refractivity contribution in [1.82, 2.24) is 10.3 Å². The molecule has 1 N–H and O–H groups in total. The molecule has 0 fully saturated rings. The summed E-state index contributed by atoms with van der Waals surface area (Å²) in [6, 6.07) is 0.554. The molecule has 1 rings (SSSR count). The van der Waals surface area contributed by atoms with Gasteiger partial charge >= 0.3 is 0 Å². The molecule has 0 aliphatic carbocycles. The summed E-state index contributed by atoms with van der Waals surface area (Å²) in [5.41, 5.74) is 3.45. The van der Waals surface area contributed by atoms with E-state index in [1.807, 2.05) is 13.1 Å². The maximum absolute atomic E-state index is 5.46. The molecule has 0 saturated heterocycles. The fraction of sp³-hybridized carbons (Fsp3) is 0.688. The number of ether oxygens (including phenoxy) is 1. The Hall–Kier alpha value is -1.09. The van der Waals surface area contributed by atoms with E-state index in [0.29, 0.717) is 12.0 Å². The Labute approximate surface area is 117 Å². The quantitative estimate of drug-likeness (QED) is 0.820. The van der Waals surface area contributed by atoms with E-state index in [2.05, 4.69) is 38.0 Å². The van der Waals surface area contributed by atoms with Crippen molar-refractivity contribution in [2.45, 2.75) is 53.5 Å². The van der Waals surface area contributed by atoms with E-state index in [1.165, 1.54) is 5.56 Å². The fourth-order valence-corrected chi connectivity index (χ4v) is 2.55. The van der Waals surface area contributed by atoms with Crippen LogP contribution in [-0.2, 0) is 6.42 Å². The first-order chi connectivity index (χ1) is 9.01. The van der Waals surface area contributed by atoms with Gasteiger partial charge in [-0.25, -0.2) is 0 Å². The highest BCUT2D eigenvalue weighted by Gasteiger charge is 2.14. The summed E-state index contributed by atoms with van der Waals surface area (Å²) in [6.45, 7) is 11.9. The lowest BCUT2D eigenvalue weighted by Gasteiger charge is -2.22. The Morgan fingerprint density at radius 1 is 1.32 bits per heavy atom. The maximum atomic E-state index is 5.46. The number of nitrogens with zero attached hydrogens (tertiary/aromatic N) is 1. The van der Waals surface area contributed by atoms with Crippen molar-refractivity contribution in [1.29, 1.82) is 0 Å². The van der Waals surface area contributed by atoms with Crippen LogP contribution < -0.4 is 10.1 Å². The van der Waals surface area contributed by atoms with Crippen LogP contribution >= 0.6 is 0 Å². The van der Waals surface area contributed by atoms with Crippen LogP contribution in [0.3, 0.4) is 0 Å². The van der Waals surface area contributed by atoms with E-state index in [1.54, 1.807) is 7.11 Å². The number of methoxy groups -OCH3 is 1. The van der Waals surface area contributed by atoms with Crippen LogP contribution in [0.2, 0.25) is 0 Å². The molecule has 0 radical (unpaired) electrons. The van der Waals surface area contributed by atoms with Gasteiger partial charge in [-0.1, -0.05) is 20.8 Å². The first kappa shape index (κ1) is 16.0. The van der Waals surface area contributed by atoms with Gasteiger partial charge in [0.2, 0.25) is 0 Å². The molecule has 1 aromatic rings. The van der Waals surface area contributed by atoms with Crippen molar-refractivity contribution in [3.05, 3.63) is 23.0 Å². The largest absolute Gasteiger partial charge is 0.496 e. The first-order valence-electron chi connectivity index (χ1n) is 7.23. The Bertz CT molecular complexity index is 402. The highest BCUT2D eigenvalue weighted by molar-refractivity contribution is 5.41. The summed E-state index contributed by atoms with van der Waals surface area (Å²) in [6.07, 6.45) is 4.03. The molecular formula is C16H28N2O. The molecule has 1 unspecified atom stereocenters. The number of aromatic nitrogens is 1. The van der Waals surface area contributed by atoms with Gasteiger partial charge in [0.25, 0.3) is 0 Å². The molecule has 0 aliphatic rings. The molecule has 0 spiro atoms. The average molecular weight is 264 g/mol. The van der Waals surface area contributed by atoms with E-state index < -0.39 is 0 Å². The van der Waals surface area contributed by atoms with E-state index in [9.17, 15) is 0 Å². The van der Waals surface area contributed by atoms with Crippen LogP contribution in [0.4, 0.5) is 0 Å². The summed E-state index contributed by atoms with van der Waals surface area (Å²) in [7, 11) is 1.73. The van der Waals surface area contributed by atoms with Gasteiger partial charge in [-0.2, -0.15) is 0 Å². The summed E-state index contributed by atoms with van der Waals surface area (Å²) in [5, 5.41) is 3.55. The molecular weight excluding hydrogens is 236 g/mol. The fourth-order valence-electron chi connectivity index (χ4n) is 2.55. The molecule has 19 heavy (non-hydrogen) atoms. The van der Waals surface area contributed by atoms with Crippen molar-refractivity contribution in [2.75, 3.05) is 13.7 Å². The Morgan fingerprint density at radius 3 is 2.53 bits per heavy atom. The zero-order chi connectivity index (χ0) is 14.4. The Kier molecular flexibility index (Phi) is 6.29. The van der Waals surface area contributed by atoms with Gasteiger partial charge in [0, 0.05) is 29.1 Å². The molecule has 3 nitrogen and oxygen atoms in total. The van der Waals surface area contributed by atoms with Crippen molar-refractivity contribution >= 4 is 0 Å². The number of pyridine rings is 1. The zero-order valence-corrected chi connectivity index (χ0v) is 13.2. The smallest absolute Gasteiger partial charge is 0.128 e. The molecule has 0 aromatic carbocycles. The second-order valence-corrected chi connectivity index (χ2v) is 5.49. The number of hydrogen-bond acceptors (Lipinski definition) is 3. The normalized spacial score (nSPS) is 12.8. The summed E-state index contributed by atoms with van der Waals surface area (Å²) in [5.74, 6) is 1.63. The van der Waals surface area contributed by atoms with Crippen LogP contribution in [0.5, 0.6) is 5.75 Å². The summed E-state index contributed by atoms with van der Waals surface area (Å²) < 4.78 is 5.46. The third-order valence-corrected chi connectivity index (χ3v) is 3.71. The molecule has 0 saturated carbocycles. The SMILES string of the molecule is CCNC(CCc1ncc(C)c(OC)c1C)C(C)C. The molecule has 108 valence electrons. The maximum Gasteiger partial charge on any atom is 0.128 e. The van der Waals surface area contributed by atoms with E-state index >= 15 is 0 Å². The second-order valence-electron chi connectivity index (χ2n) is 5.49. The lowest BCUT2D eigenvalue weighted by atomic mass is 9.96. The van der Waals surface area contributed by atoms with Crippen LogP contribution in [-0.4, -0.2) is 24.7 Å². The van der Waals surface area contributed by atoms with Gasteiger partial charge in [-0.05, 0) is 39.2 Å². The molecule has 0 bridgehead atoms. The third kappa shape index (κ3) is 4.20. The first-order valence-corrected chi connectivity index (χ1v) is 7.23. The summed E-state index contributed by atoms with van der Waals surface area (Å²) in [4.78, 5) is 4.57. The van der Waals surface area contributed by atoms with Crippen LogP contribution in [0, 0.1) is 19.8 Å². The highest BCUT2D eigenvalue weighted by atomic mass is 16.5. The minimum atomic E-state index is 0.554. The lowest BCUT2D eigenvalue weighted by Crippen LogP contribution is -2.34. The van der Waals surface area contributed by atoms with Crippen molar-refractivity contribution in [3.63, 3.8) is 0 Å². The van der Waals surface area contributed by atoms with E-state index in [0.717, 1.165) is 36.4 Å². The van der Waals surface area contributed by atoms with Gasteiger partial charge in [0.05, 0.1) is 7.11 Å². The minimum Gasteiger partial charge on any atom is -0.496 e. The van der Waals surface area contributed by atoms with Gasteiger partial charge in [0.1, 0.15) is 5.75 Å². The predicted molar refractivity (Wildman–Crippen MR) is 80.9 cm³/mol. The highest BCUT2D eigenvalue weighted by Crippen LogP contribution is 2.25. The lowest BCUT2D eigenvalue weighted by molar-refractivity contribution is 0.382. The molecule has 1 aromatic heterocycles. The predicted octanol–water partition coefficient (Wildman–Crippen LogP) is 3.27. The van der Waals surface area contributed by atoms with Crippen molar-refractivity contribution in [3.8, 4) is 5.75 Å². The number of hydrogen-bond donors (Lipinski definition) is 1. The van der Waals surface area contributed by atoms with Crippen molar-refractivity contribution < 1.29 is 4.74 Å². The summed E-state index contributed by atoms with van der Waals surface area (Å²) >= 11 is 0. The van der Waals surface area contributed by atoms with Gasteiger partial charge < -0.3 is 10.1 Å². The number of nitrogens with one attached hydrogen (secondary N) is 1. The average Bonchev–Trinajstić information content (AvgIpc) is 2.36. The second kappa shape index (κ2) is 7.49. The van der Waals surface area contributed by atoms with Gasteiger partial charge in [-0.3, -0.25) is 4.98 Å². The van der Waals surface area contributed by atoms with E-state index in [-0.39, 0.29) is 0 Å². The van der Waals surface area contributed by atoms with Crippen LogP contribution in [0.1, 0.15) is 44.0 Å². The van der Waals surface area contributed by atoms with Crippen LogP contribution in [0.25, 0.3) is 0 Å². The Balaban J connectivity index is 2.77. The molecule has 1 atom stereocenters. The topological polar surface area (TPSA) is 34.2 Å². The minimum absolute atomic E-state index is 0.554. The standard InChI is InChI=1S/C16H28N2O/c1-7-17-14(11(2)3)8-9-15-13(5)16(19-6)12(4)10-18-15/h10-11,14,17H,7-9H2,1-6H3. The number of rotatable bonds is 7. The van der Waals surface area contributed by atoms with Crippen LogP contribution in [0.15, 0.2) is 6.20 Å². The van der Waals surface area contributed by atoms with E-state index in [4.69, 9.17) is 4.74 Å². The Morgan fingerprint density at radius 2 is 2.00 bits per heavy atom.